The number of hydrogen-bond donors (Lipinski definition) is 0. The third-order valence-corrected chi connectivity index (χ3v) is 0.852. The Morgan fingerprint density at radius 1 is 1.86 bits per heavy atom. The van der Waals surface area contributed by atoms with Gasteiger partial charge in [-0.1, -0.05) is 0 Å². The summed E-state index contributed by atoms with van der Waals surface area (Å²) in [6.45, 7) is 0.781. The van der Waals surface area contributed by atoms with Crippen LogP contribution >= 0.6 is 0 Å². The van der Waals surface area contributed by atoms with Gasteiger partial charge in [0.15, 0.2) is 0 Å². The predicted octanol–water partition coefficient (Wildman–Crippen LogP) is 0.601. The summed E-state index contributed by atoms with van der Waals surface area (Å²) in [5, 5.41) is 0. The van der Waals surface area contributed by atoms with E-state index in [1.807, 2.05) is 6.08 Å². The topological polar surface area (TPSA) is 21.6 Å². The Bertz CT molecular complexity index is 115. The van der Waals surface area contributed by atoms with Crippen LogP contribution in [0.4, 0.5) is 0 Å². The fourth-order valence-electron chi connectivity index (χ4n) is 0.474. The van der Waals surface area contributed by atoms with Gasteiger partial charge >= 0.3 is 0 Å². The summed E-state index contributed by atoms with van der Waals surface area (Å²) in [6.07, 6.45) is 3.65. The molecule has 0 atom stereocenters. The van der Waals surface area contributed by atoms with Crippen molar-refractivity contribution in [1.82, 2.24) is 0 Å². The van der Waals surface area contributed by atoms with Crippen LogP contribution in [0.1, 0.15) is 0 Å². The molecule has 2 nitrogen and oxygen atoms in total. The van der Waals surface area contributed by atoms with E-state index in [4.69, 9.17) is 4.74 Å². The van der Waals surface area contributed by atoms with Gasteiger partial charge in [0, 0.05) is 0 Å². The minimum Gasteiger partial charge on any atom is -0.495 e. The van der Waals surface area contributed by atoms with Crippen molar-refractivity contribution in [2.75, 3.05) is 13.7 Å². The molecule has 0 amide bonds. The lowest BCUT2D eigenvalue weighted by Crippen LogP contribution is -1.80. The molecule has 0 saturated carbocycles. The fraction of sp³-hybridized carbons (Fsp3) is 0.400. The molecule has 1 aliphatic rings. The average molecular weight is 97.1 g/mol. The summed E-state index contributed by atoms with van der Waals surface area (Å²) in [5.74, 6) is 0.875. The molecule has 1 heterocycles. The van der Waals surface area contributed by atoms with Crippen molar-refractivity contribution in [2.24, 2.45) is 4.99 Å². The summed E-state index contributed by atoms with van der Waals surface area (Å²) in [4.78, 5) is 3.89. The largest absolute Gasteiger partial charge is 0.495 e. The zero-order chi connectivity index (χ0) is 5.11. The molecule has 1 aliphatic heterocycles. The first kappa shape index (κ1) is 4.37. The number of ether oxygens (including phenoxy) is 1. The van der Waals surface area contributed by atoms with E-state index in [1.54, 1.807) is 13.3 Å². The monoisotopic (exact) mass is 97.1 g/mol. The van der Waals surface area contributed by atoms with Crippen LogP contribution in [0.5, 0.6) is 0 Å². The third-order valence-electron chi connectivity index (χ3n) is 0.852. The van der Waals surface area contributed by atoms with Crippen LogP contribution in [0.3, 0.4) is 0 Å². The zero-order valence-electron chi connectivity index (χ0n) is 4.22. The highest BCUT2D eigenvalue weighted by Crippen LogP contribution is 1.96. The molecule has 0 aliphatic carbocycles. The van der Waals surface area contributed by atoms with Crippen LogP contribution in [0.25, 0.3) is 0 Å². The van der Waals surface area contributed by atoms with Gasteiger partial charge < -0.3 is 4.74 Å². The Morgan fingerprint density at radius 2 is 2.71 bits per heavy atom. The third kappa shape index (κ3) is 0.796. The first-order valence-electron chi connectivity index (χ1n) is 2.17. The molecular weight excluding hydrogens is 90.1 g/mol. The quantitative estimate of drug-likeness (QED) is 0.469. The summed E-state index contributed by atoms with van der Waals surface area (Å²) in [6, 6.07) is 0. The number of rotatable bonds is 1. The molecule has 38 valence electrons. The van der Waals surface area contributed by atoms with Crippen LogP contribution in [-0.2, 0) is 4.74 Å². The fourth-order valence-corrected chi connectivity index (χ4v) is 0.474. The van der Waals surface area contributed by atoms with Crippen LogP contribution < -0.4 is 0 Å². The number of nitrogens with zero attached hydrogens (tertiary/aromatic N) is 1. The van der Waals surface area contributed by atoms with Crippen LogP contribution in [0, 0.1) is 0 Å². The van der Waals surface area contributed by atoms with Gasteiger partial charge in [-0.25, -0.2) is 0 Å². The van der Waals surface area contributed by atoms with Crippen LogP contribution in [-0.4, -0.2) is 19.9 Å². The maximum absolute atomic E-state index is 4.82. The Kier molecular flexibility index (Phi) is 1.11. The number of allylic oxidation sites excluding steroid dienone is 1. The smallest absolute Gasteiger partial charge is 0.134 e. The van der Waals surface area contributed by atoms with Gasteiger partial charge in [-0.15, -0.1) is 0 Å². The summed E-state index contributed by atoms with van der Waals surface area (Å²) < 4.78 is 4.82. The van der Waals surface area contributed by atoms with E-state index in [1.165, 1.54) is 0 Å². The Balaban J connectivity index is 2.52. The normalized spacial score (nSPS) is 17.0. The number of aliphatic imine (C=N–C) groups is 1. The maximum atomic E-state index is 4.82. The van der Waals surface area contributed by atoms with E-state index in [-0.39, 0.29) is 0 Å². The second-order valence-corrected chi connectivity index (χ2v) is 1.30. The summed E-state index contributed by atoms with van der Waals surface area (Å²) in [7, 11) is 1.64. The van der Waals surface area contributed by atoms with E-state index < -0.39 is 0 Å². The van der Waals surface area contributed by atoms with Crippen LogP contribution in [0.15, 0.2) is 16.8 Å². The molecule has 2 heteroatoms. The minimum atomic E-state index is 0.781. The zero-order valence-corrected chi connectivity index (χ0v) is 4.22. The molecule has 0 aromatic heterocycles. The summed E-state index contributed by atoms with van der Waals surface area (Å²) in [5.41, 5.74) is 0. The lowest BCUT2D eigenvalue weighted by Gasteiger charge is -1.89. The van der Waals surface area contributed by atoms with Gasteiger partial charge in [0.1, 0.15) is 5.76 Å². The number of methoxy groups -OCH3 is 1. The van der Waals surface area contributed by atoms with E-state index >= 15 is 0 Å². The molecular formula is C5H7NO. The molecule has 0 saturated heterocycles. The number of hydrogen-bond acceptors (Lipinski definition) is 2. The first-order valence-corrected chi connectivity index (χ1v) is 2.17. The predicted molar refractivity (Wildman–Crippen MR) is 28.5 cm³/mol. The summed E-state index contributed by atoms with van der Waals surface area (Å²) >= 11 is 0. The van der Waals surface area contributed by atoms with Gasteiger partial charge in [-0.3, -0.25) is 4.99 Å². The van der Waals surface area contributed by atoms with E-state index in [0.29, 0.717) is 0 Å². The van der Waals surface area contributed by atoms with Crippen molar-refractivity contribution < 1.29 is 4.74 Å². The van der Waals surface area contributed by atoms with Gasteiger partial charge in [0.25, 0.3) is 0 Å². The van der Waals surface area contributed by atoms with E-state index in [2.05, 4.69) is 4.99 Å². The molecule has 0 fully saturated rings. The molecule has 0 bridgehead atoms. The average Bonchev–Trinajstić information content (AvgIpc) is 2.14. The molecule has 0 radical (unpaired) electrons. The molecule has 0 N–H and O–H groups in total. The van der Waals surface area contributed by atoms with Crippen molar-refractivity contribution >= 4 is 6.21 Å². The maximum Gasteiger partial charge on any atom is 0.134 e. The Morgan fingerprint density at radius 3 is 3.00 bits per heavy atom. The Hall–Kier alpha value is -0.790. The Labute approximate surface area is 42.5 Å². The van der Waals surface area contributed by atoms with Gasteiger partial charge in [0.05, 0.1) is 19.9 Å². The van der Waals surface area contributed by atoms with Gasteiger partial charge in [0.2, 0.25) is 0 Å². The molecule has 0 unspecified atom stereocenters. The molecule has 7 heavy (non-hydrogen) atoms. The van der Waals surface area contributed by atoms with Crippen molar-refractivity contribution in [2.45, 2.75) is 0 Å². The lowest BCUT2D eigenvalue weighted by molar-refractivity contribution is 0.318. The lowest BCUT2D eigenvalue weighted by atomic mass is 10.5. The highest BCUT2D eigenvalue weighted by atomic mass is 16.5. The van der Waals surface area contributed by atoms with E-state index in [0.717, 1.165) is 12.3 Å². The molecule has 0 aromatic carbocycles. The molecule has 1 rings (SSSR count). The standard InChI is InChI=1S/C5H7NO/c1-7-5-2-3-6-4-5/h2,4H,3H2,1H3. The SMILES string of the molecule is COC1=CCN=C1. The highest BCUT2D eigenvalue weighted by Gasteiger charge is 1.92. The first-order chi connectivity index (χ1) is 3.43. The minimum absolute atomic E-state index is 0.781. The second kappa shape index (κ2) is 1.78. The van der Waals surface area contributed by atoms with E-state index in [9.17, 15) is 0 Å². The van der Waals surface area contributed by atoms with Crippen molar-refractivity contribution in [3.05, 3.63) is 11.8 Å². The van der Waals surface area contributed by atoms with Crippen molar-refractivity contribution in [1.29, 1.82) is 0 Å². The van der Waals surface area contributed by atoms with Gasteiger partial charge in [-0.05, 0) is 6.08 Å². The second-order valence-electron chi connectivity index (χ2n) is 1.30. The van der Waals surface area contributed by atoms with Crippen molar-refractivity contribution in [3.8, 4) is 0 Å². The highest BCUT2D eigenvalue weighted by molar-refractivity contribution is 5.78. The van der Waals surface area contributed by atoms with Crippen molar-refractivity contribution in [3.63, 3.8) is 0 Å². The molecule has 0 spiro atoms. The molecule has 0 aromatic rings. The van der Waals surface area contributed by atoms with Gasteiger partial charge in [-0.2, -0.15) is 0 Å². The van der Waals surface area contributed by atoms with Crippen LogP contribution in [0.2, 0.25) is 0 Å².